The van der Waals surface area contributed by atoms with Crippen LogP contribution in [0.1, 0.15) is 24.4 Å². The van der Waals surface area contributed by atoms with Gasteiger partial charge in [-0.1, -0.05) is 17.7 Å². The molecular weight excluding hydrogens is 189 g/mol. The van der Waals surface area contributed by atoms with Crippen molar-refractivity contribution in [2.24, 2.45) is 0 Å². The predicted octanol–water partition coefficient (Wildman–Crippen LogP) is 2.90. The van der Waals surface area contributed by atoms with Gasteiger partial charge in [-0.15, -0.1) is 0 Å². The molecule has 1 aliphatic heterocycles. The van der Waals surface area contributed by atoms with Gasteiger partial charge < -0.3 is 5.32 Å². The topological polar surface area (TPSA) is 12.0 Å². The molecule has 0 saturated carbocycles. The van der Waals surface area contributed by atoms with Crippen molar-refractivity contribution in [2.75, 3.05) is 6.54 Å². The van der Waals surface area contributed by atoms with E-state index in [-0.39, 0.29) is 5.82 Å². The van der Waals surface area contributed by atoms with E-state index in [0.717, 1.165) is 18.5 Å². The molecular formula is C10H11ClFN. The first kappa shape index (κ1) is 8.97. The fraction of sp³-hybridized carbons (Fsp3) is 0.400. The molecule has 1 fully saturated rings. The van der Waals surface area contributed by atoms with Crippen LogP contribution >= 0.6 is 11.6 Å². The third-order valence-electron chi connectivity index (χ3n) is 2.40. The molecule has 1 unspecified atom stereocenters. The second-order valence-electron chi connectivity index (χ2n) is 3.31. The lowest BCUT2D eigenvalue weighted by Gasteiger charge is -2.11. The largest absolute Gasteiger partial charge is 0.310 e. The molecule has 1 atom stereocenters. The molecule has 13 heavy (non-hydrogen) atoms. The number of benzene rings is 1. The van der Waals surface area contributed by atoms with Gasteiger partial charge >= 0.3 is 0 Å². The van der Waals surface area contributed by atoms with Gasteiger partial charge in [0.15, 0.2) is 0 Å². The number of hydrogen-bond donors (Lipinski definition) is 1. The Hall–Kier alpha value is -0.600. The number of hydrogen-bond acceptors (Lipinski definition) is 1. The molecule has 0 aliphatic carbocycles. The van der Waals surface area contributed by atoms with Gasteiger partial charge in [0, 0.05) is 11.1 Å². The highest BCUT2D eigenvalue weighted by atomic mass is 35.5. The number of halogens is 2. The van der Waals surface area contributed by atoms with Crippen molar-refractivity contribution in [3.8, 4) is 0 Å². The van der Waals surface area contributed by atoms with Crippen molar-refractivity contribution in [1.82, 2.24) is 5.32 Å². The van der Waals surface area contributed by atoms with E-state index in [0.29, 0.717) is 11.1 Å². The summed E-state index contributed by atoms with van der Waals surface area (Å²) in [7, 11) is 0. The van der Waals surface area contributed by atoms with Crippen LogP contribution < -0.4 is 5.32 Å². The SMILES string of the molecule is Fc1ccc(C2CCCN2)c(Cl)c1. The molecule has 1 nitrogen and oxygen atoms in total. The molecule has 3 heteroatoms. The van der Waals surface area contributed by atoms with Crippen molar-refractivity contribution < 1.29 is 4.39 Å². The fourth-order valence-electron chi connectivity index (χ4n) is 1.73. The minimum atomic E-state index is -0.272. The maximum atomic E-state index is 12.7. The van der Waals surface area contributed by atoms with E-state index in [9.17, 15) is 4.39 Å². The second kappa shape index (κ2) is 3.64. The third-order valence-corrected chi connectivity index (χ3v) is 2.73. The Morgan fingerprint density at radius 2 is 2.31 bits per heavy atom. The highest BCUT2D eigenvalue weighted by molar-refractivity contribution is 6.31. The Labute approximate surface area is 81.9 Å². The van der Waals surface area contributed by atoms with Crippen LogP contribution in [-0.4, -0.2) is 6.54 Å². The van der Waals surface area contributed by atoms with Crippen LogP contribution in [0.15, 0.2) is 18.2 Å². The zero-order valence-corrected chi connectivity index (χ0v) is 7.94. The Balaban J connectivity index is 2.29. The number of rotatable bonds is 1. The van der Waals surface area contributed by atoms with Gasteiger partial charge in [0.1, 0.15) is 5.82 Å². The molecule has 0 aromatic heterocycles. The van der Waals surface area contributed by atoms with Gasteiger partial charge in [-0.3, -0.25) is 0 Å². The monoisotopic (exact) mass is 199 g/mol. The summed E-state index contributed by atoms with van der Waals surface area (Å²) in [6, 6.07) is 4.91. The van der Waals surface area contributed by atoms with Crippen LogP contribution in [0.5, 0.6) is 0 Å². The minimum Gasteiger partial charge on any atom is -0.310 e. The second-order valence-corrected chi connectivity index (χ2v) is 3.72. The summed E-state index contributed by atoms with van der Waals surface area (Å²) in [6.45, 7) is 1.03. The maximum Gasteiger partial charge on any atom is 0.124 e. The molecule has 70 valence electrons. The van der Waals surface area contributed by atoms with Gasteiger partial charge in [-0.25, -0.2) is 4.39 Å². The average Bonchev–Trinajstić information content (AvgIpc) is 2.56. The Bertz CT molecular complexity index is 308. The maximum absolute atomic E-state index is 12.7. The zero-order valence-electron chi connectivity index (χ0n) is 7.19. The first-order chi connectivity index (χ1) is 6.27. The van der Waals surface area contributed by atoms with Crippen molar-refractivity contribution in [1.29, 1.82) is 0 Å². The third kappa shape index (κ3) is 1.84. The summed E-state index contributed by atoms with van der Waals surface area (Å²) < 4.78 is 12.7. The van der Waals surface area contributed by atoms with Crippen LogP contribution in [0.4, 0.5) is 4.39 Å². The Morgan fingerprint density at radius 3 is 2.92 bits per heavy atom. The lowest BCUT2D eigenvalue weighted by molar-refractivity contribution is 0.617. The summed E-state index contributed by atoms with van der Waals surface area (Å²) >= 11 is 5.93. The van der Waals surface area contributed by atoms with E-state index in [1.54, 1.807) is 6.07 Å². The lowest BCUT2D eigenvalue weighted by atomic mass is 10.1. The molecule has 0 spiro atoms. The summed E-state index contributed by atoms with van der Waals surface area (Å²) in [4.78, 5) is 0. The average molecular weight is 200 g/mol. The van der Waals surface area contributed by atoms with Gasteiger partial charge in [0.2, 0.25) is 0 Å². The smallest absolute Gasteiger partial charge is 0.124 e. The summed E-state index contributed by atoms with van der Waals surface area (Å²) in [5, 5.41) is 3.85. The standard InChI is InChI=1S/C10H11ClFN/c11-9-6-7(12)3-4-8(9)10-2-1-5-13-10/h3-4,6,10,13H,1-2,5H2. The first-order valence-electron chi connectivity index (χ1n) is 4.46. The van der Waals surface area contributed by atoms with E-state index in [1.165, 1.54) is 18.6 Å². The fourth-order valence-corrected chi connectivity index (χ4v) is 2.03. The molecule has 1 aromatic rings. The Morgan fingerprint density at radius 1 is 1.46 bits per heavy atom. The van der Waals surface area contributed by atoms with E-state index >= 15 is 0 Å². The first-order valence-corrected chi connectivity index (χ1v) is 4.83. The van der Waals surface area contributed by atoms with Crippen LogP contribution in [0.2, 0.25) is 5.02 Å². The van der Waals surface area contributed by atoms with Crippen molar-refractivity contribution in [2.45, 2.75) is 18.9 Å². The van der Waals surface area contributed by atoms with Crippen molar-refractivity contribution in [3.63, 3.8) is 0 Å². The number of nitrogens with one attached hydrogen (secondary N) is 1. The minimum absolute atomic E-state index is 0.272. The quantitative estimate of drug-likeness (QED) is 0.734. The highest BCUT2D eigenvalue weighted by Gasteiger charge is 2.18. The molecule has 1 saturated heterocycles. The van der Waals surface area contributed by atoms with Gasteiger partial charge in [-0.05, 0) is 37.1 Å². The summed E-state index contributed by atoms with van der Waals surface area (Å²) in [5.41, 5.74) is 1.01. The molecule has 0 radical (unpaired) electrons. The molecule has 1 N–H and O–H groups in total. The predicted molar refractivity (Wildman–Crippen MR) is 51.4 cm³/mol. The van der Waals surface area contributed by atoms with Crippen LogP contribution in [0, 0.1) is 5.82 Å². The van der Waals surface area contributed by atoms with Crippen molar-refractivity contribution in [3.05, 3.63) is 34.6 Å². The Kier molecular flexibility index (Phi) is 2.51. The molecule has 2 rings (SSSR count). The molecule has 0 bridgehead atoms. The van der Waals surface area contributed by atoms with E-state index < -0.39 is 0 Å². The van der Waals surface area contributed by atoms with Crippen LogP contribution in [0.25, 0.3) is 0 Å². The molecule has 1 aromatic carbocycles. The molecule has 1 heterocycles. The lowest BCUT2D eigenvalue weighted by Crippen LogP contribution is -2.13. The molecule has 0 amide bonds. The zero-order chi connectivity index (χ0) is 9.26. The van der Waals surface area contributed by atoms with Crippen LogP contribution in [-0.2, 0) is 0 Å². The van der Waals surface area contributed by atoms with Gasteiger partial charge in [0.25, 0.3) is 0 Å². The van der Waals surface area contributed by atoms with Gasteiger partial charge in [0.05, 0.1) is 0 Å². The van der Waals surface area contributed by atoms with E-state index in [2.05, 4.69) is 5.32 Å². The highest BCUT2D eigenvalue weighted by Crippen LogP contribution is 2.29. The molecule has 1 aliphatic rings. The van der Waals surface area contributed by atoms with Gasteiger partial charge in [-0.2, -0.15) is 0 Å². The van der Waals surface area contributed by atoms with E-state index in [4.69, 9.17) is 11.6 Å². The van der Waals surface area contributed by atoms with E-state index in [1.807, 2.05) is 0 Å². The van der Waals surface area contributed by atoms with Crippen LogP contribution in [0.3, 0.4) is 0 Å². The summed E-state index contributed by atoms with van der Waals surface area (Å²) in [6.07, 6.45) is 2.25. The van der Waals surface area contributed by atoms with Crippen molar-refractivity contribution >= 4 is 11.6 Å². The summed E-state index contributed by atoms with van der Waals surface area (Å²) in [5.74, 6) is -0.272. The normalized spacial score (nSPS) is 22.2.